The Bertz CT molecular complexity index is 430. The zero-order valence-electron chi connectivity index (χ0n) is 7.93. The highest BCUT2D eigenvalue weighted by Gasteiger charge is 2.10. The van der Waals surface area contributed by atoms with Crippen molar-refractivity contribution >= 4 is 22.9 Å². The van der Waals surface area contributed by atoms with E-state index in [1.165, 1.54) is 0 Å². The van der Waals surface area contributed by atoms with Crippen molar-refractivity contribution in [2.24, 2.45) is 5.73 Å². The largest absolute Gasteiger partial charge is 0.323 e. The maximum absolute atomic E-state index is 6.03. The molecule has 0 aliphatic heterocycles. The summed E-state index contributed by atoms with van der Waals surface area (Å²) in [6, 6.07) is 1.85. The lowest BCUT2D eigenvalue weighted by molar-refractivity contribution is 0.734. The molecule has 0 aromatic carbocycles. The number of nitrogens with two attached hydrogens (primary N) is 1. The molecule has 5 heteroatoms. The highest BCUT2D eigenvalue weighted by Crippen LogP contribution is 2.22. The van der Waals surface area contributed by atoms with Crippen molar-refractivity contribution in [2.75, 3.05) is 0 Å². The molecule has 0 amide bonds. The maximum atomic E-state index is 6.03. The Morgan fingerprint density at radius 2 is 2.27 bits per heavy atom. The third-order valence-electron chi connectivity index (χ3n) is 2.11. The SMILES string of the molecule is NC(Cc1ccncc1Cl)c1cncs1. The van der Waals surface area contributed by atoms with Crippen molar-refractivity contribution < 1.29 is 0 Å². The Morgan fingerprint density at radius 1 is 1.40 bits per heavy atom. The van der Waals surface area contributed by atoms with Crippen molar-refractivity contribution in [3.05, 3.63) is 45.6 Å². The minimum atomic E-state index is -0.0441. The third-order valence-corrected chi connectivity index (χ3v) is 3.36. The van der Waals surface area contributed by atoms with Crippen LogP contribution in [0.2, 0.25) is 5.02 Å². The van der Waals surface area contributed by atoms with Crippen molar-refractivity contribution in [2.45, 2.75) is 12.5 Å². The van der Waals surface area contributed by atoms with Gasteiger partial charge in [-0.25, -0.2) is 0 Å². The quantitative estimate of drug-likeness (QED) is 0.895. The van der Waals surface area contributed by atoms with Gasteiger partial charge in [0.05, 0.1) is 10.5 Å². The van der Waals surface area contributed by atoms with Crippen LogP contribution < -0.4 is 5.73 Å². The average molecular weight is 240 g/mol. The number of halogens is 1. The zero-order valence-corrected chi connectivity index (χ0v) is 9.50. The summed E-state index contributed by atoms with van der Waals surface area (Å²) in [5.74, 6) is 0. The van der Waals surface area contributed by atoms with E-state index in [1.807, 2.05) is 6.07 Å². The zero-order chi connectivity index (χ0) is 10.7. The summed E-state index contributed by atoms with van der Waals surface area (Å²) in [4.78, 5) is 9.01. The molecular formula is C10H10ClN3S. The van der Waals surface area contributed by atoms with Crippen LogP contribution in [-0.4, -0.2) is 9.97 Å². The van der Waals surface area contributed by atoms with Gasteiger partial charge in [-0.2, -0.15) is 0 Å². The molecule has 2 aromatic rings. The molecule has 0 aliphatic carbocycles. The van der Waals surface area contributed by atoms with Crippen LogP contribution in [0.3, 0.4) is 0 Å². The molecule has 0 aliphatic rings. The first-order valence-corrected chi connectivity index (χ1v) is 5.75. The van der Waals surface area contributed by atoms with E-state index in [-0.39, 0.29) is 6.04 Å². The Hall–Kier alpha value is -0.970. The molecule has 0 saturated carbocycles. The van der Waals surface area contributed by atoms with Crippen molar-refractivity contribution in [1.82, 2.24) is 9.97 Å². The van der Waals surface area contributed by atoms with Gasteiger partial charge in [-0.05, 0) is 18.1 Å². The average Bonchev–Trinajstić information content (AvgIpc) is 2.74. The Balaban J connectivity index is 2.13. The van der Waals surface area contributed by atoms with E-state index in [1.54, 1.807) is 35.4 Å². The third kappa shape index (κ3) is 2.53. The molecule has 0 fully saturated rings. The Morgan fingerprint density at radius 3 is 2.93 bits per heavy atom. The molecule has 2 rings (SSSR count). The van der Waals surface area contributed by atoms with E-state index in [2.05, 4.69) is 9.97 Å². The minimum Gasteiger partial charge on any atom is -0.323 e. The monoisotopic (exact) mass is 239 g/mol. The predicted octanol–water partition coefficient (Wildman–Crippen LogP) is 2.43. The molecule has 0 radical (unpaired) electrons. The maximum Gasteiger partial charge on any atom is 0.0794 e. The summed E-state index contributed by atoms with van der Waals surface area (Å²) in [5.41, 5.74) is 8.83. The second kappa shape index (κ2) is 4.70. The summed E-state index contributed by atoms with van der Waals surface area (Å²) in [7, 11) is 0. The van der Waals surface area contributed by atoms with Gasteiger partial charge in [0.2, 0.25) is 0 Å². The van der Waals surface area contributed by atoms with Crippen LogP contribution in [0.1, 0.15) is 16.5 Å². The van der Waals surface area contributed by atoms with Crippen molar-refractivity contribution in [1.29, 1.82) is 0 Å². The van der Waals surface area contributed by atoms with E-state index in [0.29, 0.717) is 11.4 Å². The summed E-state index contributed by atoms with van der Waals surface area (Å²) in [5, 5.41) is 0.664. The fourth-order valence-electron chi connectivity index (χ4n) is 1.32. The number of aromatic nitrogens is 2. The smallest absolute Gasteiger partial charge is 0.0794 e. The lowest BCUT2D eigenvalue weighted by Crippen LogP contribution is -2.12. The number of hydrogen-bond donors (Lipinski definition) is 1. The lowest BCUT2D eigenvalue weighted by atomic mass is 10.1. The van der Waals surface area contributed by atoms with E-state index < -0.39 is 0 Å². The highest BCUT2D eigenvalue weighted by atomic mass is 35.5. The predicted molar refractivity (Wildman–Crippen MR) is 62.0 cm³/mol. The van der Waals surface area contributed by atoms with Crippen LogP contribution in [0.25, 0.3) is 0 Å². The summed E-state index contributed by atoms with van der Waals surface area (Å²) in [6.45, 7) is 0. The van der Waals surface area contributed by atoms with Crippen LogP contribution in [0.15, 0.2) is 30.2 Å². The highest BCUT2D eigenvalue weighted by molar-refractivity contribution is 7.09. The molecule has 0 saturated heterocycles. The van der Waals surface area contributed by atoms with Crippen LogP contribution >= 0.6 is 22.9 Å². The van der Waals surface area contributed by atoms with E-state index >= 15 is 0 Å². The topological polar surface area (TPSA) is 51.8 Å². The molecule has 78 valence electrons. The number of hydrogen-bond acceptors (Lipinski definition) is 4. The second-order valence-electron chi connectivity index (χ2n) is 3.18. The Labute approximate surface area is 96.9 Å². The molecule has 0 bridgehead atoms. The van der Waals surface area contributed by atoms with Crippen molar-refractivity contribution in [3.8, 4) is 0 Å². The molecule has 3 nitrogen and oxygen atoms in total. The molecule has 15 heavy (non-hydrogen) atoms. The fraction of sp³-hybridized carbons (Fsp3) is 0.200. The van der Waals surface area contributed by atoms with Gasteiger partial charge in [0.1, 0.15) is 0 Å². The number of nitrogens with zero attached hydrogens (tertiary/aromatic N) is 2. The van der Waals surface area contributed by atoms with Crippen LogP contribution in [0.4, 0.5) is 0 Å². The number of thiazole rings is 1. The van der Waals surface area contributed by atoms with Gasteiger partial charge < -0.3 is 5.73 Å². The first-order chi connectivity index (χ1) is 7.27. The van der Waals surface area contributed by atoms with Crippen LogP contribution in [0, 0.1) is 0 Å². The second-order valence-corrected chi connectivity index (χ2v) is 4.51. The Kier molecular flexibility index (Phi) is 3.30. The van der Waals surface area contributed by atoms with E-state index in [9.17, 15) is 0 Å². The summed E-state index contributed by atoms with van der Waals surface area (Å²) >= 11 is 7.56. The number of rotatable bonds is 3. The molecular weight excluding hydrogens is 230 g/mol. The molecule has 0 spiro atoms. The molecule has 1 unspecified atom stereocenters. The van der Waals surface area contributed by atoms with Gasteiger partial charge in [-0.1, -0.05) is 11.6 Å². The summed E-state index contributed by atoms with van der Waals surface area (Å²) in [6.07, 6.45) is 5.87. The standard InChI is InChI=1S/C10H10ClN3S/c11-8-4-13-2-1-7(8)3-9(12)10-5-14-6-15-10/h1-2,4-6,9H,3,12H2. The van der Waals surface area contributed by atoms with Crippen molar-refractivity contribution in [3.63, 3.8) is 0 Å². The van der Waals surface area contributed by atoms with Gasteiger partial charge >= 0.3 is 0 Å². The number of pyridine rings is 1. The fourth-order valence-corrected chi connectivity index (χ4v) is 2.14. The molecule has 1 atom stereocenters. The van der Waals surface area contributed by atoms with Gasteiger partial charge in [-0.3, -0.25) is 9.97 Å². The van der Waals surface area contributed by atoms with Crippen LogP contribution in [-0.2, 0) is 6.42 Å². The van der Waals surface area contributed by atoms with Gasteiger partial charge in [-0.15, -0.1) is 11.3 Å². The molecule has 2 heterocycles. The molecule has 2 N–H and O–H groups in total. The molecule has 2 aromatic heterocycles. The van der Waals surface area contributed by atoms with E-state index in [4.69, 9.17) is 17.3 Å². The summed E-state index contributed by atoms with van der Waals surface area (Å²) < 4.78 is 0. The first kappa shape index (κ1) is 10.5. The van der Waals surface area contributed by atoms with Gasteiger partial charge in [0.25, 0.3) is 0 Å². The minimum absolute atomic E-state index is 0.0441. The normalized spacial score (nSPS) is 12.7. The van der Waals surface area contributed by atoms with Gasteiger partial charge in [0, 0.05) is 29.5 Å². The van der Waals surface area contributed by atoms with Gasteiger partial charge in [0.15, 0.2) is 0 Å². The van der Waals surface area contributed by atoms with E-state index in [0.717, 1.165) is 10.4 Å². The van der Waals surface area contributed by atoms with Crippen LogP contribution in [0.5, 0.6) is 0 Å². The lowest BCUT2D eigenvalue weighted by Gasteiger charge is -2.09. The first-order valence-electron chi connectivity index (χ1n) is 4.49.